The van der Waals surface area contributed by atoms with E-state index < -0.39 is 41.2 Å². The summed E-state index contributed by atoms with van der Waals surface area (Å²) in [6.07, 6.45) is 1.28. The van der Waals surface area contributed by atoms with Gasteiger partial charge in [-0.25, -0.2) is 0 Å². The van der Waals surface area contributed by atoms with E-state index in [0.29, 0.717) is 17.5 Å². The number of amides is 2. The van der Waals surface area contributed by atoms with Gasteiger partial charge < -0.3 is 10.2 Å². The first-order valence-corrected chi connectivity index (χ1v) is 12.0. The van der Waals surface area contributed by atoms with E-state index >= 15 is 0 Å². The van der Waals surface area contributed by atoms with E-state index in [2.05, 4.69) is 5.32 Å². The molecule has 34 heavy (non-hydrogen) atoms. The minimum absolute atomic E-state index is 0.0291. The number of carboxylic acid groups (broad SMARTS) is 1. The summed E-state index contributed by atoms with van der Waals surface area (Å²) in [5.74, 6) is -4.36. The van der Waals surface area contributed by atoms with E-state index in [1.54, 1.807) is 12.1 Å². The smallest absolute Gasteiger partial charge is 0.325 e. The van der Waals surface area contributed by atoms with Crippen LogP contribution in [-0.4, -0.2) is 45.0 Å². The molecule has 2 aliphatic heterocycles. The van der Waals surface area contributed by atoms with Crippen LogP contribution < -0.4 is 5.32 Å². The minimum atomic E-state index is -1.79. The fourth-order valence-corrected chi connectivity index (χ4v) is 5.77. The van der Waals surface area contributed by atoms with Crippen molar-refractivity contribution in [1.82, 2.24) is 10.2 Å². The van der Waals surface area contributed by atoms with E-state index in [1.807, 2.05) is 6.92 Å². The second-order valence-corrected chi connectivity index (χ2v) is 9.94. The molecule has 2 aromatic rings. The number of hydrogen-bond acceptors (Lipinski definition) is 5. The van der Waals surface area contributed by atoms with Crippen LogP contribution in [-0.2, 0) is 20.8 Å². The second kappa shape index (κ2) is 9.38. The van der Waals surface area contributed by atoms with Crippen molar-refractivity contribution < 1.29 is 24.6 Å². The molecule has 4 rings (SSSR count). The van der Waals surface area contributed by atoms with Gasteiger partial charge in [0.1, 0.15) is 11.3 Å². The lowest BCUT2D eigenvalue weighted by molar-refractivity contribution is -0.151. The van der Waals surface area contributed by atoms with Crippen molar-refractivity contribution >= 4 is 52.6 Å². The lowest BCUT2D eigenvalue weighted by atomic mass is 9.76. The van der Waals surface area contributed by atoms with Crippen LogP contribution in [0.1, 0.15) is 36.9 Å². The molecule has 10 heteroatoms. The number of nitrogens with zero attached hydrogens (tertiary/aromatic N) is 1. The maximum Gasteiger partial charge on any atom is 0.325 e. The van der Waals surface area contributed by atoms with Gasteiger partial charge in [0.25, 0.3) is 0 Å². The minimum Gasteiger partial charge on any atom is -0.508 e. The number of aromatic hydroxyl groups is 1. The van der Waals surface area contributed by atoms with Gasteiger partial charge in [-0.3, -0.25) is 24.6 Å². The quantitative estimate of drug-likeness (QED) is 0.364. The van der Waals surface area contributed by atoms with Gasteiger partial charge in [0.15, 0.2) is 0 Å². The van der Waals surface area contributed by atoms with Crippen LogP contribution in [0.5, 0.6) is 5.75 Å². The number of fused-ring (bicyclic) bond motifs is 1. The highest BCUT2D eigenvalue weighted by atomic mass is 35.5. The normalized spacial score (nSPS) is 26.2. The summed E-state index contributed by atoms with van der Waals surface area (Å²) in [5, 5.41) is 23.7. The maximum absolute atomic E-state index is 13.5. The number of halogens is 3. The third-order valence-corrected chi connectivity index (χ3v) is 7.67. The van der Waals surface area contributed by atoms with Crippen molar-refractivity contribution in [2.45, 2.75) is 37.8 Å². The Hall–Kier alpha value is -2.32. The Labute approximate surface area is 211 Å². The molecule has 180 valence electrons. The zero-order valence-electron chi connectivity index (χ0n) is 18.2. The molecule has 4 atom stereocenters. The summed E-state index contributed by atoms with van der Waals surface area (Å²) in [7, 11) is 0. The maximum atomic E-state index is 13.5. The second-order valence-electron chi connectivity index (χ2n) is 8.72. The predicted octanol–water partition coefficient (Wildman–Crippen LogP) is 4.46. The number of imide groups is 1. The predicted molar refractivity (Wildman–Crippen MR) is 128 cm³/mol. The number of unbranched alkanes of at least 4 members (excludes halogenated alkanes) is 1. The molecule has 0 aromatic heterocycles. The van der Waals surface area contributed by atoms with E-state index in [1.165, 1.54) is 29.2 Å². The molecule has 2 saturated heterocycles. The van der Waals surface area contributed by atoms with Gasteiger partial charge in [-0.1, -0.05) is 60.3 Å². The number of rotatable bonds is 7. The number of phenolic OH excluding ortho intramolecular Hbond substituents is 1. The van der Waals surface area contributed by atoms with Crippen LogP contribution >= 0.6 is 34.8 Å². The lowest BCUT2D eigenvalue weighted by Gasteiger charge is -2.31. The largest absolute Gasteiger partial charge is 0.508 e. The molecule has 0 aliphatic carbocycles. The number of carbonyl (C=O) groups is 3. The molecule has 3 N–H and O–H groups in total. The molecule has 2 heterocycles. The first kappa shape index (κ1) is 24.8. The van der Waals surface area contributed by atoms with Crippen LogP contribution in [0.4, 0.5) is 0 Å². The number of likely N-dealkylation sites (tertiary alicyclic amines) is 1. The number of benzene rings is 2. The SMILES string of the molecule is CCCCN1C(=O)C2C(c3cc(Cl)cc(Cl)c3Cl)NC(Cc3ccc(O)cc3)(C(=O)O)C2C1=O. The monoisotopic (exact) mass is 524 g/mol. The summed E-state index contributed by atoms with van der Waals surface area (Å²) >= 11 is 18.9. The van der Waals surface area contributed by atoms with Crippen LogP contribution in [0.2, 0.25) is 15.1 Å². The lowest BCUT2D eigenvalue weighted by Crippen LogP contribution is -2.57. The molecular weight excluding hydrogens is 503 g/mol. The number of nitrogens with one attached hydrogen (secondary N) is 1. The summed E-state index contributed by atoms with van der Waals surface area (Å²) in [6.45, 7) is 2.16. The van der Waals surface area contributed by atoms with E-state index in [-0.39, 0.29) is 33.8 Å². The van der Waals surface area contributed by atoms with Gasteiger partial charge in [-0.2, -0.15) is 0 Å². The fraction of sp³-hybridized carbons (Fsp3) is 0.375. The highest BCUT2D eigenvalue weighted by molar-refractivity contribution is 6.43. The molecule has 0 saturated carbocycles. The van der Waals surface area contributed by atoms with E-state index in [9.17, 15) is 24.6 Å². The van der Waals surface area contributed by atoms with E-state index in [0.717, 1.165) is 6.42 Å². The fourth-order valence-electron chi connectivity index (χ4n) is 5.04. The number of carbonyl (C=O) groups excluding carboxylic acids is 2. The van der Waals surface area contributed by atoms with Gasteiger partial charge >= 0.3 is 5.97 Å². The van der Waals surface area contributed by atoms with Crippen molar-refractivity contribution in [3.05, 3.63) is 62.6 Å². The Balaban J connectivity index is 1.87. The van der Waals surface area contributed by atoms with Gasteiger partial charge in [0, 0.05) is 24.0 Å². The Morgan fingerprint density at radius 2 is 1.79 bits per heavy atom. The molecule has 2 amide bonds. The Kier molecular flexibility index (Phi) is 6.84. The Bertz CT molecular complexity index is 1160. The number of carboxylic acids is 1. The third kappa shape index (κ3) is 4.05. The zero-order chi connectivity index (χ0) is 24.8. The molecule has 2 fully saturated rings. The Morgan fingerprint density at radius 3 is 2.41 bits per heavy atom. The van der Waals surface area contributed by atoms with E-state index in [4.69, 9.17) is 34.8 Å². The van der Waals surface area contributed by atoms with Crippen molar-refractivity contribution in [2.24, 2.45) is 11.8 Å². The molecule has 7 nitrogen and oxygen atoms in total. The van der Waals surface area contributed by atoms with Gasteiger partial charge in [-0.05, 0) is 41.8 Å². The molecule has 2 aliphatic rings. The molecule has 0 bridgehead atoms. The first-order chi connectivity index (χ1) is 16.1. The first-order valence-electron chi connectivity index (χ1n) is 10.9. The van der Waals surface area contributed by atoms with Gasteiger partial charge in [0.05, 0.1) is 21.9 Å². The highest BCUT2D eigenvalue weighted by Crippen LogP contribution is 2.52. The van der Waals surface area contributed by atoms with Crippen molar-refractivity contribution in [2.75, 3.05) is 6.54 Å². The average molecular weight is 526 g/mol. The van der Waals surface area contributed by atoms with Gasteiger partial charge in [0.2, 0.25) is 11.8 Å². The number of aliphatic carboxylic acids is 1. The van der Waals surface area contributed by atoms with Crippen molar-refractivity contribution in [1.29, 1.82) is 0 Å². The molecule has 2 aromatic carbocycles. The van der Waals surface area contributed by atoms with Crippen LogP contribution in [0.15, 0.2) is 36.4 Å². The Morgan fingerprint density at radius 1 is 1.12 bits per heavy atom. The van der Waals surface area contributed by atoms with Crippen molar-refractivity contribution in [3.8, 4) is 5.75 Å². The highest BCUT2D eigenvalue weighted by Gasteiger charge is 2.68. The van der Waals surface area contributed by atoms with Crippen molar-refractivity contribution in [3.63, 3.8) is 0 Å². The summed E-state index contributed by atoms with van der Waals surface area (Å²) in [4.78, 5) is 41.0. The summed E-state index contributed by atoms with van der Waals surface area (Å²) in [6, 6.07) is 8.15. The molecule has 4 unspecified atom stereocenters. The zero-order valence-corrected chi connectivity index (χ0v) is 20.5. The summed E-state index contributed by atoms with van der Waals surface area (Å²) < 4.78 is 0. The van der Waals surface area contributed by atoms with Gasteiger partial charge in [-0.15, -0.1) is 0 Å². The van der Waals surface area contributed by atoms with Crippen LogP contribution in [0.25, 0.3) is 0 Å². The van der Waals surface area contributed by atoms with Crippen LogP contribution in [0.3, 0.4) is 0 Å². The third-order valence-electron chi connectivity index (χ3n) is 6.64. The molecule has 0 spiro atoms. The number of hydrogen-bond donors (Lipinski definition) is 3. The average Bonchev–Trinajstić information content (AvgIpc) is 3.25. The summed E-state index contributed by atoms with van der Waals surface area (Å²) in [5.41, 5.74) is -0.853. The topological polar surface area (TPSA) is 107 Å². The molecule has 0 radical (unpaired) electrons. The molecular formula is C24H23Cl3N2O5. The van der Waals surface area contributed by atoms with Crippen LogP contribution in [0, 0.1) is 11.8 Å². The standard InChI is InChI=1S/C24H23Cl3N2O5/c1-2-3-8-29-21(31)17-18(22(29)32)24(23(33)34,11-12-4-6-14(30)7-5-12)28-20(17)15-9-13(25)10-16(26)19(15)27/h4-7,9-10,17-18,20,28,30H,2-3,8,11H2,1H3,(H,33,34). The number of phenols is 1.